The van der Waals surface area contributed by atoms with Gasteiger partial charge in [0.2, 0.25) is 0 Å². The van der Waals surface area contributed by atoms with Crippen LogP contribution in [0.5, 0.6) is 0 Å². The smallest absolute Gasteiger partial charge is 0.160 e. The summed E-state index contributed by atoms with van der Waals surface area (Å²) >= 11 is 0. The molecule has 0 N–H and O–H groups in total. The lowest BCUT2D eigenvalue weighted by Crippen LogP contribution is -2.15. The van der Waals surface area contributed by atoms with Gasteiger partial charge in [0.05, 0.1) is 33.3 Å². The molecule has 13 rings (SSSR count). The maximum atomic E-state index is 5.22. The Bertz CT molecular complexity index is 3820. The van der Waals surface area contributed by atoms with E-state index in [1.165, 1.54) is 82.7 Å². The highest BCUT2D eigenvalue weighted by Gasteiger charge is 2.36. The Hall–Kier alpha value is -8.08. The lowest BCUT2D eigenvalue weighted by Gasteiger charge is -2.23. The Morgan fingerprint density at radius 3 is 1.68 bits per heavy atom. The van der Waals surface area contributed by atoms with E-state index in [9.17, 15) is 0 Å². The van der Waals surface area contributed by atoms with Gasteiger partial charge in [0.15, 0.2) is 5.82 Å². The Labute approximate surface area is 365 Å². The van der Waals surface area contributed by atoms with E-state index < -0.39 is 0 Å². The predicted octanol–water partition coefficient (Wildman–Crippen LogP) is 15.1. The second-order valence-corrected chi connectivity index (χ2v) is 17.4. The van der Waals surface area contributed by atoms with Crippen LogP contribution in [0.4, 0.5) is 0 Å². The number of para-hydroxylation sites is 4. The van der Waals surface area contributed by atoms with Gasteiger partial charge in [0.25, 0.3) is 0 Å². The van der Waals surface area contributed by atoms with Crippen molar-refractivity contribution in [3.63, 3.8) is 0 Å². The summed E-state index contributed by atoms with van der Waals surface area (Å²) in [6, 6.07) is 74.8. The molecule has 4 nitrogen and oxygen atoms in total. The average molecular weight is 805 g/mol. The largest absolute Gasteiger partial charge is 0.309 e. The highest BCUT2D eigenvalue weighted by Crippen LogP contribution is 2.51. The van der Waals surface area contributed by atoms with E-state index in [2.05, 4.69) is 223 Å². The van der Waals surface area contributed by atoms with Crippen molar-refractivity contribution in [3.05, 3.63) is 217 Å². The van der Waals surface area contributed by atoms with Crippen molar-refractivity contribution in [3.8, 4) is 56.3 Å². The maximum absolute atomic E-state index is 5.22. The molecule has 0 spiro atoms. The molecule has 0 fully saturated rings. The van der Waals surface area contributed by atoms with E-state index in [0.29, 0.717) is 0 Å². The van der Waals surface area contributed by atoms with Crippen molar-refractivity contribution in [1.82, 2.24) is 19.1 Å². The summed E-state index contributed by atoms with van der Waals surface area (Å²) in [5.41, 5.74) is 18.4. The minimum absolute atomic E-state index is 0.256. The van der Waals surface area contributed by atoms with Gasteiger partial charge in [-0.3, -0.25) is 0 Å². The molecule has 12 aromatic rings. The number of aromatic nitrogens is 4. The van der Waals surface area contributed by atoms with Crippen LogP contribution >= 0.6 is 0 Å². The van der Waals surface area contributed by atoms with Crippen molar-refractivity contribution in [2.24, 2.45) is 0 Å². The third-order valence-electron chi connectivity index (χ3n) is 13.5. The van der Waals surface area contributed by atoms with Gasteiger partial charge in [-0.2, -0.15) is 0 Å². The number of hydrogen-bond acceptors (Lipinski definition) is 2. The van der Waals surface area contributed by atoms with Crippen molar-refractivity contribution < 1.29 is 0 Å². The SMILES string of the molecule is CC1(C)c2cc(-c3nc(-c4ccccc4)c4ccccc4n3)ccc2-c2ccc(-n3c4ccccc4c4ccc(-c5ccc6c(c5)c5ccccc5n6-c5ccccc5)cc43)cc21. The average Bonchev–Trinajstić information content (AvgIpc) is 3.93. The lowest BCUT2D eigenvalue weighted by atomic mass is 9.81. The summed E-state index contributed by atoms with van der Waals surface area (Å²) in [6.45, 7) is 4.72. The van der Waals surface area contributed by atoms with Gasteiger partial charge in [-0.25, -0.2) is 9.97 Å². The van der Waals surface area contributed by atoms with Crippen LogP contribution < -0.4 is 0 Å². The lowest BCUT2D eigenvalue weighted by molar-refractivity contribution is 0.660. The first kappa shape index (κ1) is 35.7. The first-order chi connectivity index (χ1) is 31.0. The molecule has 0 unspecified atom stereocenters. The molecule has 3 heterocycles. The topological polar surface area (TPSA) is 35.6 Å². The van der Waals surface area contributed by atoms with Crippen molar-refractivity contribution >= 4 is 54.5 Å². The quantitative estimate of drug-likeness (QED) is 0.174. The molecule has 0 atom stereocenters. The molecular weight excluding hydrogens is 765 g/mol. The predicted molar refractivity (Wildman–Crippen MR) is 262 cm³/mol. The Balaban J connectivity index is 0.930. The van der Waals surface area contributed by atoms with Crippen LogP contribution in [0, 0.1) is 0 Å². The first-order valence-corrected chi connectivity index (χ1v) is 21.7. The van der Waals surface area contributed by atoms with Gasteiger partial charge < -0.3 is 9.13 Å². The number of fused-ring (bicyclic) bond motifs is 10. The van der Waals surface area contributed by atoms with E-state index in [4.69, 9.17) is 9.97 Å². The Morgan fingerprint density at radius 1 is 0.349 bits per heavy atom. The maximum Gasteiger partial charge on any atom is 0.160 e. The zero-order chi connectivity index (χ0) is 41.8. The van der Waals surface area contributed by atoms with Crippen LogP contribution in [0.1, 0.15) is 25.0 Å². The summed E-state index contributed by atoms with van der Waals surface area (Å²) in [7, 11) is 0. The van der Waals surface area contributed by atoms with Gasteiger partial charge in [-0.05, 0) is 100 Å². The van der Waals surface area contributed by atoms with Crippen LogP contribution in [0.25, 0.3) is 111 Å². The van der Waals surface area contributed by atoms with Gasteiger partial charge in [-0.15, -0.1) is 0 Å². The van der Waals surface area contributed by atoms with E-state index >= 15 is 0 Å². The minimum atomic E-state index is -0.256. The van der Waals surface area contributed by atoms with Crippen LogP contribution in [-0.2, 0) is 5.41 Å². The summed E-state index contributed by atoms with van der Waals surface area (Å²) in [6.07, 6.45) is 0. The molecule has 0 aliphatic heterocycles. The molecule has 0 amide bonds. The highest BCUT2D eigenvalue weighted by molar-refractivity contribution is 6.12. The Morgan fingerprint density at radius 2 is 0.905 bits per heavy atom. The van der Waals surface area contributed by atoms with Crippen molar-refractivity contribution in [2.45, 2.75) is 19.3 Å². The van der Waals surface area contributed by atoms with Crippen LogP contribution in [0.3, 0.4) is 0 Å². The van der Waals surface area contributed by atoms with E-state index in [-0.39, 0.29) is 5.41 Å². The van der Waals surface area contributed by atoms with Gasteiger partial charge in [0, 0.05) is 54.8 Å². The Kier molecular flexibility index (Phi) is 7.62. The van der Waals surface area contributed by atoms with Gasteiger partial charge in [0.1, 0.15) is 0 Å². The molecular formula is C59H40N4. The fourth-order valence-electron chi connectivity index (χ4n) is 10.5. The van der Waals surface area contributed by atoms with E-state index in [1.54, 1.807) is 0 Å². The number of nitrogens with zero attached hydrogens (tertiary/aromatic N) is 4. The molecule has 3 aromatic heterocycles. The highest BCUT2D eigenvalue weighted by atomic mass is 15.0. The van der Waals surface area contributed by atoms with E-state index in [1.807, 2.05) is 6.07 Å². The third kappa shape index (κ3) is 5.34. The normalized spacial score (nSPS) is 13.0. The van der Waals surface area contributed by atoms with E-state index in [0.717, 1.165) is 39.2 Å². The second-order valence-electron chi connectivity index (χ2n) is 17.4. The molecule has 1 aliphatic rings. The molecule has 1 aliphatic carbocycles. The number of hydrogen-bond donors (Lipinski definition) is 0. The zero-order valence-electron chi connectivity index (χ0n) is 34.9. The standard InChI is InChI=1S/C59H40N4/c1-59(2)50-34-40(58-60-52-22-12-9-21-48(52)57(61-58)37-15-5-3-6-16-37)26-29-43(50)44-31-28-42(36-51(44)59)63-53-23-13-10-19-45(53)47-30-25-39(35-56(47)63)38-27-32-55-49(33-38)46-20-11-14-24-54(46)62(55)41-17-7-4-8-18-41/h3-36H,1-2H3. The molecule has 63 heavy (non-hydrogen) atoms. The summed E-state index contributed by atoms with van der Waals surface area (Å²) in [4.78, 5) is 10.3. The fraction of sp³-hybridized carbons (Fsp3) is 0.0508. The fourth-order valence-corrected chi connectivity index (χ4v) is 10.5. The minimum Gasteiger partial charge on any atom is -0.309 e. The summed E-state index contributed by atoms with van der Waals surface area (Å²) in [5, 5.41) is 6.05. The molecule has 0 saturated carbocycles. The molecule has 296 valence electrons. The van der Waals surface area contributed by atoms with Crippen LogP contribution in [0.15, 0.2) is 206 Å². The van der Waals surface area contributed by atoms with Gasteiger partial charge >= 0.3 is 0 Å². The molecule has 0 saturated heterocycles. The van der Waals surface area contributed by atoms with Crippen molar-refractivity contribution in [2.75, 3.05) is 0 Å². The monoisotopic (exact) mass is 804 g/mol. The zero-order valence-corrected chi connectivity index (χ0v) is 34.9. The van der Waals surface area contributed by atoms with Gasteiger partial charge in [-0.1, -0.05) is 153 Å². The van der Waals surface area contributed by atoms with Crippen LogP contribution in [0.2, 0.25) is 0 Å². The third-order valence-corrected chi connectivity index (χ3v) is 13.5. The molecule has 0 bridgehead atoms. The summed E-state index contributed by atoms with van der Waals surface area (Å²) in [5.74, 6) is 0.741. The second kappa shape index (κ2) is 13.5. The molecule has 9 aromatic carbocycles. The molecule has 4 heteroatoms. The van der Waals surface area contributed by atoms with Crippen LogP contribution in [-0.4, -0.2) is 19.1 Å². The molecule has 0 radical (unpaired) electrons. The van der Waals surface area contributed by atoms with Crippen molar-refractivity contribution in [1.29, 1.82) is 0 Å². The first-order valence-electron chi connectivity index (χ1n) is 21.7. The number of rotatable bonds is 5. The summed E-state index contributed by atoms with van der Waals surface area (Å²) < 4.78 is 4.84. The number of benzene rings is 9.